The SMILES string of the molecule is O=C(CCC1NC(=O)N(c2cccc3ccccc23)C1=O)NCCc1ccco1. The molecule has 4 rings (SSSR count). The third kappa shape index (κ3) is 3.99. The van der Waals surface area contributed by atoms with Gasteiger partial charge < -0.3 is 15.1 Å². The average Bonchev–Trinajstić information content (AvgIpc) is 3.34. The molecule has 0 aliphatic carbocycles. The Morgan fingerprint density at radius 3 is 2.72 bits per heavy atom. The monoisotopic (exact) mass is 391 g/mol. The van der Waals surface area contributed by atoms with Crippen LogP contribution in [0.1, 0.15) is 18.6 Å². The Kier molecular flexibility index (Phi) is 5.29. The van der Waals surface area contributed by atoms with Crippen molar-refractivity contribution in [1.82, 2.24) is 10.6 Å². The molecule has 0 spiro atoms. The zero-order valence-corrected chi connectivity index (χ0v) is 15.8. The lowest BCUT2D eigenvalue weighted by Gasteiger charge is -2.15. The van der Waals surface area contributed by atoms with E-state index in [9.17, 15) is 14.4 Å². The minimum Gasteiger partial charge on any atom is -0.469 e. The molecule has 1 aromatic heterocycles. The van der Waals surface area contributed by atoms with E-state index in [2.05, 4.69) is 10.6 Å². The predicted octanol–water partition coefficient (Wildman–Crippen LogP) is 3.00. The number of imide groups is 1. The summed E-state index contributed by atoms with van der Waals surface area (Å²) in [6.07, 6.45) is 2.59. The number of nitrogens with zero attached hydrogens (tertiary/aromatic N) is 1. The standard InChI is InChI=1S/C22H21N3O4/c26-20(23-13-12-16-7-4-14-29-16)11-10-18-21(27)25(22(28)24-18)19-9-3-6-15-5-1-2-8-17(15)19/h1-9,14,18H,10-13H2,(H,23,26)(H,24,28). The number of benzene rings is 2. The van der Waals surface area contributed by atoms with Crippen molar-refractivity contribution in [3.8, 4) is 0 Å². The summed E-state index contributed by atoms with van der Waals surface area (Å²) >= 11 is 0. The second kappa shape index (κ2) is 8.18. The first-order valence-corrected chi connectivity index (χ1v) is 9.55. The van der Waals surface area contributed by atoms with E-state index in [1.165, 1.54) is 4.90 Å². The minimum absolute atomic E-state index is 0.151. The Bertz CT molecular complexity index is 1040. The van der Waals surface area contributed by atoms with Gasteiger partial charge in [0.05, 0.1) is 12.0 Å². The molecule has 29 heavy (non-hydrogen) atoms. The molecule has 0 bridgehead atoms. The molecule has 1 fully saturated rings. The highest BCUT2D eigenvalue weighted by Crippen LogP contribution is 2.29. The topological polar surface area (TPSA) is 91.7 Å². The van der Waals surface area contributed by atoms with Crippen LogP contribution in [0.3, 0.4) is 0 Å². The van der Waals surface area contributed by atoms with Crippen molar-refractivity contribution in [2.45, 2.75) is 25.3 Å². The Balaban J connectivity index is 1.36. The van der Waals surface area contributed by atoms with Crippen molar-refractivity contribution in [3.63, 3.8) is 0 Å². The van der Waals surface area contributed by atoms with Crippen molar-refractivity contribution in [3.05, 3.63) is 66.6 Å². The molecule has 2 heterocycles. The van der Waals surface area contributed by atoms with Crippen LogP contribution in [-0.4, -0.2) is 30.4 Å². The van der Waals surface area contributed by atoms with E-state index in [1.807, 2.05) is 42.5 Å². The fourth-order valence-corrected chi connectivity index (χ4v) is 3.50. The molecular formula is C22H21N3O4. The zero-order chi connectivity index (χ0) is 20.2. The molecule has 148 valence electrons. The summed E-state index contributed by atoms with van der Waals surface area (Å²) in [5, 5.41) is 7.27. The number of carbonyl (C=O) groups is 3. The predicted molar refractivity (Wildman–Crippen MR) is 108 cm³/mol. The van der Waals surface area contributed by atoms with Crippen LogP contribution in [0.4, 0.5) is 10.5 Å². The number of carbonyl (C=O) groups excluding carboxylic acids is 3. The highest BCUT2D eigenvalue weighted by molar-refractivity contribution is 6.24. The van der Waals surface area contributed by atoms with Crippen LogP contribution in [0.2, 0.25) is 0 Å². The number of amides is 4. The summed E-state index contributed by atoms with van der Waals surface area (Å²) in [5.74, 6) is 0.297. The maximum atomic E-state index is 12.8. The van der Waals surface area contributed by atoms with Gasteiger partial charge in [-0.1, -0.05) is 36.4 Å². The lowest BCUT2D eigenvalue weighted by atomic mass is 10.1. The molecule has 0 radical (unpaired) electrons. The third-order valence-corrected chi connectivity index (χ3v) is 4.96. The number of rotatable bonds is 7. The van der Waals surface area contributed by atoms with Gasteiger partial charge >= 0.3 is 6.03 Å². The molecule has 7 heteroatoms. The van der Waals surface area contributed by atoms with Crippen LogP contribution < -0.4 is 15.5 Å². The maximum Gasteiger partial charge on any atom is 0.329 e. The van der Waals surface area contributed by atoms with Gasteiger partial charge in [-0.05, 0) is 30.0 Å². The normalized spacial score (nSPS) is 16.3. The van der Waals surface area contributed by atoms with Gasteiger partial charge in [0.25, 0.3) is 5.91 Å². The Morgan fingerprint density at radius 1 is 1.07 bits per heavy atom. The van der Waals surface area contributed by atoms with Crippen molar-refractivity contribution < 1.29 is 18.8 Å². The minimum atomic E-state index is -0.711. The molecule has 2 aromatic carbocycles. The lowest BCUT2D eigenvalue weighted by molar-refractivity contribution is -0.121. The summed E-state index contributed by atoms with van der Waals surface area (Å²) in [5.41, 5.74) is 0.552. The van der Waals surface area contributed by atoms with E-state index in [4.69, 9.17) is 4.42 Å². The molecule has 7 nitrogen and oxygen atoms in total. The molecule has 1 saturated heterocycles. The Morgan fingerprint density at radius 2 is 1.90 bits per heavy atom. The van der Waals surface area contributed by atoms with E-state index in [0.717, 1.165) is 16.5 Å². The number of urea groups is 1. The summed E-state index contributed by atoms with van der Waals surface area (Å²) in [6, 6.07) is 15.6. The van der Waals surface area contributed by atoms with E-state index in [-0.39, 0.29) is 24.7 Å². The van der Waals surface area contributed by atoms with Crippen LogP contribution in [0, 0.1) is 0 Å². The average molecular weight is 391 g/mol. The van der Waals surface area contributed by atoms with Crippen LogP contribution in [-0.2, 0) is 16.0 Å². The maximum absolute atomic E-state index is 12.8. The van der Waals surface area contributed by atoms with E-state index >= 15 is 0 Å². The second-order valence-electron chi connectivity index (χ2n) is 6.89. The summed E-state index contributed by atoms with van der Waals surface area (Å²) in [4.78, 5) is 38.5. The summed E-state index contributed by atoms with van der Waals surface area (Å²) in [6.45, 7) is 0.458. The van der Waals surface area contributed by atoms with Crippen molar-refractivity contribution in [2.75, 3.05) is 11.4 Å². The van der Waals surface area contributed by atoms with Gasteiger partial charge in [-0.15, -0.1) is 0 Å². The van der Waals surface area contributed by atoms with Crippen LogP contribution in [0.5, 0.6) is 0 Å². The van der Waals surface area contributed by atoms with Crippen molar-refractivity contribution in [1.29, 1.82) is 0 Å². The van der Waals surface area contributed by atoms with Gasteiger partial charge in [0.15, 0.2) is 0 Å². The number of nitrogens with one attached hydrogen (secondary N) is 2. The Hall–Kier alpha value is -3.61. The molecule has 3 aromatic rings. The Labute approximate surface area is 167 Å². The van der Waals surface area contributed by atoms with Crippen molar-refractivity contribution in [2.24, 2.45) is 0 Å². The lowest BCUT2D eigenvalue weighted by Crippen LogP contribution is -2.33. The van der Waals surface area contributed by atoms with Crippen LogP contribution >= 0.6 is 0 Å². The molecule has 2 N–H and O–H groups in total. The first-order chi connectivity index (χ1) is 14.1. The smallest absolute Gasteiger partial charge is 0.329 e. The quantitative estimate of drug-likeness (QED) is 0.606. The van der Waals surface area contributed by atoms with Crippen molar-refractivity contribution >= 4 is 34.3 Å². The number of furan rings is 1. The first-order valence-electron chi connectivity index (χ1n) is 9.55. The highest BCUT2D eigenvalue weighted by Gasteiger charge is 2.39. The zero-order valence-electron chi connectivity index (χ0n) is 15.8. The third-order valence-electron chi connectivity index (χ3n) is 4.96. The molecular weight excluding hydrogens is 370 g/mol. The van der Waals surface area contributed by atoms with Gasteiger partial charge in [-0.25, -0.2) is 9.69 Å². The first kappa shape index (κ1) is 18.7. The molecule has 0 saturated carbocycles. The molecule has 1 atom stereocenters. The van der Waals surface area contributed by atoms with Gasteiger partial charge in [0.1, 0.15) is 11.8 Å². The van der Waals surface area contributed by atoms with E-state index in [0.29, 0.717) is 18.7 Å². The number of hydrogen-bond acceptors (Lipinski definition) is 4. The molecule has 1 aliphatic rings. The van der Waals surface area contributed by atoms with Gasteiger partial charge in [-0.3, -0.25) is 9.59 Å². The number of anilines is 1. The summed E-state index contributed by atoms with van der Waals surface area (Å²) < 4.78 is 5.22. The highest BCUT2D eigenvalue weighted by atomic mass is 16.3. The van der Waals surface area contributed by atoms with E-state index < -0.39 is 12.1 Å². The van der Waals surface area contributed by atoms with E-state index in [1.54, 1.807) is 18.4 Å². The molecule has 1 aliphatic heterocycles. The number of fused-ring (bicyclic) bond motifs is 1. The van der Waals surface area contributed by atoms with Gasteiger partial charge in [0.2, 0.25) is 5.91 Å². The largest absolute Gasteiger partial charge is 0.469 e. The van der Waals surface area contributed by atoms with Gasteiger partial charge in [-0.2, -0.15) is 0 Å². The fourth-order valence-electron chi connectivity index (χ4n) is 3.50. The molecule has 4 amide bonds. The number of hydrogen-bond donors (Lipinski definition) is 2. The summed E-state index contributed by atoms with van der Waals surface area (Å²) in [7, 11) is 0. The fraction of sp³-hybridized carbons (Fsp3) is 0.227. The van der Waals surface area contributed by atoms with Crippen LogP contribution in [0.15, 0.2) is 65.3 Å². The van der Waals surface area contributed by atoms with Crippen LogP contribution in [0.25, 0.3) is 10.8 Å². The molecule has 1 unspecified atom stereocenters. The second-order valence-corrected chi connectivity index (χ2v) is 6.89. The van der Waals surface area contributed by atoms with Gasteiger partial charge in [0, 0.05) is 24.8 Å².